The Bertz CT molecular complexity index is 1220. The first kappa shape index (κ1) is 23.1. The van der Waals surface area contributed by atoms with Gasteiger partial charge in [-0.25, -0.2) is 0 Å². The zero-order valence-corrected chi connectivity index (χ0v) is 18.6. The maximum atomic E-state index is 11.6. The van der Waals surface area contributed by atoms with Crippen LogP contribution in [-0.2, 0) is 12.8 Å². The van der Waals surface area contributed by atoms with Crippen molar-refractivity contribution in [3.63, 3.8) is 0 Å². The molecule has 0 aliphatic carbocycles. The number of allylic oxidation sites excluding steroid dienone is 1. The second-order valence-electron chi connectivity index (χ2n) is 7.41. The molecule has 4 aromatic carbocycles. The number of rotatable bonds is 8. The second-order valence-corrected chi connectivity index (χ2v) is 7.41. The van der Waals surface area contributed by atoms with E-state index in [0.717, 1.165) is 23.1 Å². The Morgan fingerprint density at radius 2 is 1.47 bits per heavy atom. The van der Waals surface area contributed by atoms with Gasteiger partial charge in [-0.1, -0.05) is 91.0 Å². The fourth-order valence-corrected chi connectivity index (χ4v) is 3.77. The summed E-state index contributed by atoms with van der Waals surface area (Å²) in [6.07, 6.45) is 5.81. The Balaban J connectivity index is 0.00000289. The molecule has 0 atom stereocenters. The Hall–Kier alpha value is -3.56. The van der Waals surface area contributed by atoms with E-state index in [1.165, 1.54) is 16.5 Å². The van der Waals surface area contributed by atoms with Crippen molar-refractivity contribution in [2.45, 2.75) is 12.8 Å². The SMILES string of the molecule is Cl.NC(=O)c1ccccc1CCOc1ccc(C/C=C/c2ccccc2)c2ccccc12. The number of hydrogen-bond donors (Lipinski definition) is 1. The van der Waals surface area contributed by atoms with E-state index in [9.17, 15) is 4.79 Å². The molecule has 0 unspecified atom stereocenters. The standard InChI is InChI=1S/C28H25NO2.ClH/c29-28(30)25-15-5-4-12-23(25)19-20-31-27-18-17-22(24-14-6-7-16-26(24)27)13-8-11-21-9-2-1-3-10-21;/h1-12,14-18H,13,19-20H2,(H2,29,30);1H/b11-8+;. The van der Waals surface area contributed by atoms with Gasteiger partial charge in [-0.15, -0.1) is 12.4 Å². The van der Waals surface area contributed by atoms with Gasteiger partial charge >= 0.3 is 0 Å². The van der Waals surface area contributed by atoms with Crippen LogP contribution in [-0.4, -0.2) is 12.5 Å². The molecule has 0 radical (unpaired) electrons. The molecule has 0 fully saturated rings. The van der Waals surface area contributed by atoms with Gasteiger partial charge in [0.2, 0.25) is 5.91 Å². The van der Waals surface area contributed by atoms with E-state index in [1.54, 1.807) is 6.07 Å². The minimum atomic E-state index is -0.408. The van der Waals surface area contributed by atoms with Gasteiger partial charge in [0.25, 0.3) is 0 Å². The molecular weight excluding hydrogens is 418 g/mol. The number of carbonyl (C=O) groups is 1. The highest BCUT2D eigenvalue weighted by atomic mass is 35.5. The smallest absolute Gasteiger partial charge is 0.248 e. The molecule has 0 aromatic heterocycles. The summed E-state index contributed by atoms with van der Waals surface area (Å²) in [5.74, 6) is 0.442. The van der Waals surface area contributed by atoms with Crippen LogP contribution in [0.2, 0.25) is 0 Å². The Morgan fingerprint density at radius 1 is 0.781 bits per heavy atom. The third kappa shape index (κ3) is 5.57. The fraction of sp³-hybridized carbons (Fsp3) is 0.107. The highest BCUT2D eigenvalue weighted by Crippen LogP contribution is 2.29. The van der Waals surface area contributed by atoms with Gasteiger partial charge in [0.05, 0.1) is 6.61 Å². The molecule has 0 bridgehead atoms. The van der Waals surface area contributed by atoms with Crippen LogP contribution in [0, 0.1) is 0 Å². The van der Waals surface area contributed by atoms with Crippen molar-refractivity contribution in [1.82, 2.24) is 0 Å². The van der Waals surface area contributed by atoms with Gasteiger partial charge in [-0.05, 0) is 40.6 Å². The number of nitrogens with two attached hydrogens (primary N) is 1. The summed E-state index contributed by atoms with van der Waals surface area (Å²) in [7, 11) is 0. The van der Waals surface area contributed by atoms with Crippen LogP contribution in [0.5, 0.6) is 5.75 Å². The van der Waals surface area contributed by atoms with Crippen LogP contribution < -0.4 is 10.5 Å². The molecule has 32 heavy (non-hydrogen) atoms. The number of fused-ring (bicyclic) bond motifs is 1. The highest BCUT2D eigenvalue weighted by Gasteiger charge is 2.09. The summed E-state index contributed by atoms with van der Waals surface area (Å²) in [6, 6.07) is 30.2. The molecule has 0 saturated heterocycles. The molecule has 0 spiro atoms. The van der Waals surface area contributed by atoms with Crippen molar-refractivity contribution in [2.24, 2.45) is 5.73 Å². The molecule has 2 N–H and O–H groups in total. The molecule has 162 valence electrons. The number of carbonyl (C=O) groups excluding carboxylic acids is 1. The van der Waals surface area contributed by atoms with Crippen LogP contribution in [0.4, 0.5) is 0 Å². The van der Waals surface area contributed by atoms with Crippen molar-refractivity contribution in [1.29, 1.82) is 0 Å². The summed E-state index contributed by atoms with van der Waals surface area (Å²) in [4.78, 5) is 11.6. The van der Waals surface area contributed by atoms with Gasteiger partial charge in [0.1, 0.15) is 5.75 Å². The number of amides is 1. The summed E-state index contributed by atoms with van der Waals surface area (Å²) in [5, 5.41) is 2.28. The number of ether oxygens (including phenoxy) is 1. The number of hydrogen-bond acceptors (Lipinski definition) is 2. The minimum absolute atomic E-state index is 0. The number of halogens is 1. The average Bonchev–Trinajstić information content (AvgIpc) is 2.81. The largest absolute Gasteiger partial charge is 0.493 e. The fourth-order valence-electron chi connectivity index (χ4n) is 3.77. The topological polar surface area (TPSA) is 52.3 Å². The molecule has 0 aliphatic heterocycles. The molecular formula is C28H26ClNO2. The van der Waals surface area contributed by atoms with E-state index >= 15 is 0 Å². The molecule has 0 saturated carbocycles. The van der Waals surface area contributed by atoms with Crippen LogP contribution in [0.3, 0.4) is 0 Å². The van der Waals surface area contributed by atoms with Crippen LogP contribution in [0.15, 0.2) is 97.1 Å². The van der Waals surface area contributed by atoms with Gasteiger partial charge in [-0.3, -0.25) is 4.79 Å². The normalized spacial score (nSPS) is 10.8. The molecule has 4 rings (SSSR count). The lowest BCUT2D eigenvalue weighted by Gasteiger charge is -2.13. The van der Waals surface area contributed by atoms with E-state index in [1.807, 2.05) is 48.5 Å². The lowest BCUT2D eigenvalue weighted by molar-refractivity contribution is 0.0999. The first-order valence-corrected chi connectivity index (χ1v) is 10.4. The maximum absolute atomic E-state index is 11.6. The Kier molecular flexibility index (Phi) is 8.07. The highest BCUT2D eigenvalue weighted by molar-refractivity contribution is 5.94. The Morgan fingerprint density at radius 3 is 2.25 bits per heavy atom. The predicted octanol–water partition coefficient (Wildman–Crippen LogP) is 6.24. The van der Waals surface area contributed by atoms with Crippen LogP contribution in [0.1, 0.15) is 27.0 Å². The first-order chi connectivity index (χ1) is 15.2. The summed E-state index contributed by atoms with van der Waals surface area (Å²) >= 11 is 0. The summed E-state index contributed by atoms with van der Waals surface area (Å²) in [6.45, 7) is 0.474. The van der Waals surface area contributed by atoms with Crippen molar-refractivity contribution in [2.75, 3.05) is 6.61 Å². The Labute approximate surface area is 194 Å². The third-order valence-electron chi connectivity index (χ3n) is 5.33. The molecule has 0 aliphatic rings. The molecule has 0 heterocycles. The van der Waals surface area contributed by atoms with Gasteiger partial charge in [0.15, 0.2) is 0 Å². The van der Waals surface area contributed by atoms with E-state index < -0.39 is 5.91 Å². The molecule has 4 heteroatoms. The second kappa shape index (κ2) is 11.2. The van der Waals surface area contributed by atoms with E-state index in [2.05, 4.69) is 48.6 Å². The molecule has 1 amide bonds. The maximum Gasteiger partial charge on any atom is 0.248 e. The third-order valence-corrected chi connectivity index (χ3v) is 5.33. The van der Waals surface area contributed by atoms with E-state index in [4.69, 9.17) is 10.5 Å². The van der Waals surface area contributed by atoms with Gasteiger partial charge in [-0.2, -0.15) is 0 Å². The average molecular weight is 444 g/mol. The zero-order chi connectivity index (χ0) is 21.5. The lowest BCUT2D eigenvalue weighted by Crippen LogP contribution is -2.15. The van der Waals surface area contributed by atoms with Gasteiger partial charge in [0, 0.05) is 17.4 Å². The predicted molar refractivity (Wildman–Crippen MR) is 135 cm³/mol. The van der Waals surface area contributed by atoms with Crippen LogP contribution in [0.25, 0.3) is 16.8 Å². The van der Waals surface area contributed by atoms with E-state index in [-0.39, 0.29) is 12.4 Å². The van der Waals surface area contributed by atoms with Crippen LogP contribution >= 0.6 is 12.4 Å². The molecule has 4 aromatic rings. The van der Waals surface area contributed by atoms with Crippen molar-refractivity contribution >= 4 is 35.2 Å². The monoisotopic (exact) mass is 443 g/mol. The quantitative estimate of drug-likeness (QED) is 0.350. The van der Waals surface area contributed by atoms with Crippen molar-refractivity contribution < 1.29 is 9.53 Å². The van der Waals surface area contributed by atoms with Crippen molar-refractivity contribution in [3.05, 3.63) is 119 Å². The zero-order valence-electron chi connectivity index (χ0n) is 17.7. The molecule has 3 nitrogen and oxygen atoms in total. The van der Waals surface area contributed by atoms with E-state index in [0.29, 0.717) is 18.6 Å². The summed E-state index contributed by atoms with van der Waals surface area (Å²) in [5.41, 5.74) is 9.39. The number of benzene rings is 4. The van der Waals surface area contributed by atoms with Crippen molar-refractivity contribution in [3.8, 4) is 5.75 Å². The minimum Gasteiger partial charge on any atom is -0.493 e. The number of primary amides is 1. The van der Waals surface area contributed by atoms with Gasteiger partial charge < -0.3 is 10.5 Å². The summed E-state index contributed by atoms with van der Waals surface area (Å²) < 4.78 is 6.12. The first-order valence-electron chi connectivity index (χ1n) is 10.4. The lowest BCUT2D eigenvalue weighted by atomic mass is 10.0.